The van der Waals surface area contributed by atoms with Crippen molar-refractivity contribution in [2.24, 2.45) is 0 Å². The number of carbonyl (C=O) groups excluding carboxylic acids is 2. The first-order valence-corrected chi connectivity index (χ1v) is 8.08. The van der Waals surface area contributed by atoms with Crippen LogP contribution in [0.1, 0.15) is 41.0 Å². The number of esters is 1. The number of fused-ring (bicyclic) bond motifs is 1. The summed E-state index contributed by atoms with van der Waals surface area (Å²) in [6.07, 6.45) is 0.179. The molecule has 1 amide bonds. The average Bonchev–Trinajstić information content (AvgIpc) is 2.43. The van der Waals surface area contributed by atoms with Gasteiger partial charge in [0.15, 0.2) is 5.60 Å². The number of benzene rings is 1. The fourth-order valence-electron chi connectivity index (χ4n) is 2.56. The molecular formula is C17H22ClNO4. The van der Waals surface area contributed by atoms with Crippen molar-refractivity contribution in [3.63, 3.8) is 0 Å². The molecule has 0 aromatic heterocycles. The van der Waals surface area contributed by atoms with Gasteiger partial charge in [0.2, 0.25) is 0 Å². The van der Waals surface area contributed by atoms with Crippen molar-refractivity contribution in [2.75, 3.05) is 4.90 Å². The van der Waals surface area contributed by atoms with Crippen LogP contribution >= 0.6 is 11.6 Å². The molecule has 0 saturated heterocycles. The number of carbonyl (C=O) groups is 2. The van der Waals surface area contributed by atoms with Crippen LogP contribution in [0, 0.1) is 0 Å². The monoisotopic (exact) mass is 339 g/mol. The highest BCUT2D eigenvalue weighted by atomic mass is 35.5. The number of hydrogen-bond acceptors (Lipinski definition) is 4. The third-order valence-corrected chi connectivity index (χ3v) is 3.84. The van der Waals surface area contributed by atoms with E-state index < -0.39 is 17.6 Å². The predicted octanol–water partition coefficient (Wildman–Crippen LogP) is 3.57. The van der Waals surface area contributed by atoms with Gasteiger partial charge in [0.25, 0.3) is 5.91 Å². The van der Waals surface area contributed by atoms with E-state index in [-0.39, 0.29) is 12.0 Å². The van der Waals surface area contributed by atoms with Gasteiger partial charge in [-0.3, -0.25) is 9.69 Å². The van der Waals surface area contributed by atoms with Crippen LogP contribution in [0.3, 0.4) is 0 Å². The molecule has 23 heavy (non-hydrogen) atoms. The smallest absolute Gasteiger partial charge is 0.329 e. The van der Waals surface area contributed by atoms with Gasteiger partial charge in [-0.15, -0.1) is 0 Å². The molecular weight excluding hydrogens is 318 g/mol. The molecule has 1 aromatic carbocycles. The van der Waals surface area contributed by atoms with E-state index in [1.54, 1.807) is 45.9 Å². The number of ether oxygens (including phenoxy) is 2. The summed E-state index contributed by atoms with van der Waals surface area (Å²) in [4.78, 5) is 26.8. The first-order chi connectivity index (χ1) is 10.7. The van der Waals surface area contributed by atoms with Crippen molar-refractivity contribution in [3.05, 3.63) is 23.2 Å². The fraction of sp³-hybridized carbons (Fsp3) is 0.529. The van der Waals surface area contributed by atoms with Crippen molar-refractivity contribution in [1.29, 1.82) is 0 Å². The van der Waals surface area contributed by atoms with E-state index in [1.807, 2.05) is 6.92 Å². The van der Waals surface area contributed by atoms with Crippen molar-refractivity contribution in [3.8, 4) is 5.75 Å². The second-order valence-corrected chi connectivity index (χ2v) is 6.75. The lowest BCUT2D eigenvalue weighted by Gasteiger charge is -2.41. The average molecular weight is 340 g/mol. The van der Waals surface area contributed by atoms with Crippen LogP contribution in [-0.2, 0) is 14.3 Å². The van der Waals surface area contributed by atoms with E-state index in [9.17, 15) is 9.59 Å². The Bertz CT molecular complexity index is 627. The molecule has 0 aliphatic carbocycles. The Kier molecular flexibility index (Phi) is 4.90. The van der Waals surface area contributed by atoms with E-state index in [0.29, 0.717) is 22.9 Å². The van der Waals surface area contributed by atoms with Crippen molar-refractivity contribution in [1.82, 2.24) is 0 Å². The molecule has 0 saturated carbocycles. The summed E-state index contributed by atoms with van der Waals surface area (Å²) in [5.74, 6) is -0.200. The van der Waals surface area contributed by atoms with Gasteiger partial charge in [-0.25, -0.2) is 4.79 Å². The van der Waals surface area contributed by atoms with Gasteiger partial charge in [0, 0.05) is 5.02 Å². The lowest BCUT2D eigenvalue weighted by molar-refractivity contribution is -0.151. The molecule has 126 valence electrons. The summed E-state index contributed by atoms with van der Waals surface area (Å²) in [7, 11) is 0. The Morgan fingerprint density at radius 1 is 1.39 bits per heavy atom. The Balaban J connectivity index is 2.51. The summed E-state index contributed by atoms with van der Waals surface area (Å²) >= 11 is 6.06. The van der Waals surface area contributed by atoms with Crippen molar-refractivity contribution >= 4 is 29.2 Å². The van der Waals surface area contributed by atoms with E-state index in [4.69, 9.17) is 21.1 Å². The van der Waals surface area contributed by atoms with Crippen LogP contribution in [0.15, 0.2) is 18.2 Å². The van der Waals surface area contributed by atoms with Gasteiger partial charge in [0.1, 0.15) is 11.8 Å². The number of nitrogens with zero attached hydrogens (tertiary/aromatic N) is 1. The van der Waals surface area contributed by atoms with E-state index >= 15 is 0 Å². The number of amides is 1. The van der Waals surface area contributed by atoms with Crippen LogP contribution in [0.25, 0.3) is 0 Å². The second-order valence-electron chi connectivity index (χ2n) is 6.31. The van der Waals surface area contributed by atoms with Crippen LogP contribution < -0.4 is 9.64 Å². The molecule has 1 aliphatic rings. The summed E-state index contributed by atoms with van der Waals surface area (Å²) < 4.78 is 11.1. The standard InChI is InChI=1S/C17H22ClNO4/c1-6-12(15(20)22-10(2)3)19-13-9-11(18)7-8-14(13)23-17(4,5)16(19)21/h7-10,12H,6H2,1-5H3. The first-order valence-electron chi connectivity index (χ1n) is 7.70. The largest absolute Gasteiger partial charge is 0.476 e. The van der Waals surface area contributed by atoms with Crippen LogP contribution in [0.5, 0.6) is 5.75 Å². The second kappa shape index (κ2) is 6.40. The van der Waals surface area contributed by atoms with E-state index in [0.717, 1.165) is 0 Å². The zero-order chi connectivity index (χ0) is 17.4. The SMILES string of the molecule is CCC(C(=O)OC(C)C)N1C(=O)C(C)(C)Oc2ccc(Cl)cc21. The third kappa shape index (κ3) is 3.44. The molecule has 2 rings (SSSR count). The Labute approximate surface area is 141 Å². The summed E-state index contributed by atoms with van der Waals surface area (Å²) in [6, 6.07) is 4.32. The van der Waals surface area contributed by atoms with E-state index in [1.165, 1.54) is 4.90 Å². The maximum Gasteiger partial charge on any atom is 0.329 e. The van der Waals surface area contributed by atoms with Crippen LogP contribution in [-0.4, -0.2) is 29.6 Å². The lowest BCUT2D eigenvalue weighted by Crippen LogP contribution is -2.58. The number of halogens is 1. The molecule has 1 aromatic rings. The molecule has 5 nitrogen and oxygen atoms in total. The van der Waals surface area contributed by atoms with Gasteiger partial charge in [0.05, 0.1) is 11.8 Å². The zero-order valence-corrected chi connectivity index (χ0v) is 14.8. The molecule has 1 heterocycles. The summed E-state index contributed by atoms with van der Waals surface area (Å²) in [6.45, 7) is 8.76. The first kappa shape index (κ1) is 17.6. The molecule has 1 aliphatic heterocycles. The molecule has 0 spiro atoms. The Morgan fingerprint density at radius 3 is 2.61 bits per heavy atom. The summed E-state index contributed by atoms with van der Waals surface area (Å²) in [5.41, 5.74) is -0.568. The Hall–Kier alpha value is -1.75. The highest BCUT2D eigenvalue weighted by Crippen LogP contribution is 2.41. The highest BCUT2D eigenvalue weighted by Gasteiger charge is 2.45. The molecule has 1 unspecified atom stereocenters. The topological polar surface area (TPSA) is 55.8 Å². The highest BCUT2D eigenvalue weighted by molar-refractivity contribution is 6.31. The summed E-state index contributed by atoms with van der Waals surface area (Å²) in [5, 5.41) is 0.469. The maximum atomic E-state index is 12.9. The minimum Gasteiger partial charge on any atom is -0.476 e. The number of hydrogen-bond donors (Lipinski definition) is 0. The third-order valence-electron chi connectivity index (χ3n) is 3.60. The normalized spacial score (nSPS) is 17.5. The maximum absolute atomic E-state index is 12.9. The molecule has 0 radical (unpaired) electrons. The molecule has 1 atom stereocenters. The quantitative estimate of drug-likeness (QED) is 0.787. The molecule has 0 bridgehead atoms. The molecule has 0 fully saturated rings. The van der Waals surface area contributed by atoms with E-state index in [2.05, 4.69) is 0 Å². The number of anilines is 1. The van der Waals surface area contributed by atoms with Gasteiger partial charge >= 0.3 is 5.97 Å². The fourth-order valence-corrected chi connectivity index (χ4v) is 2.72. The predicted molar refractivity (Wildman–Crippen MR) is 89.0 cm³/mol. The van der Waals surface area contributed by atoms with Crippen molar-refractivity contribution in [2.45, 2.75) is 58.8 Å². The van der Waals surface area contributed by atoms with Gasteiger partial charge < -0.3 is 9.47 Å². The lowest BCUT2D eigenvalue weighted by atomic mass is 10.0. The number of rotatable bonds is 4. The van der Waals surface area contributed by atoms with Crippen molar-refractivity contribution < 1.29 is 19.1 Å². The molecule has 6 heteroatoms. The Morgan fingerprint density at radius 2 is 2.04 bits per heavy atom. The van der Waals surface area contributed by atoms with Crippen LogP contribution in [0.4, 0.5) is 5.69 Å². The molecule has 0 N–H and O–H groups in total. The van der Waals surface area contributed by atoms with Gasteiger partial charge in [-0.1, -0.05) is 18.5 Å². The van der Waals surface area contributed by atoms with Crippen LogP contribution in [0.2, 0.25) is 5.02 Å². The zero-order valence-electron chi connectivity index (χ0n) is 14.1. The minimum atomic E-state index is -1.06. The minimum absolute atomic E-state index is 0.250. The van der Waals surface area contributed by atoms with Gasteiger partial charge in [-0.05, 0) is 52.3 Å². The van der Waals surface area contributed by atoms with Gasteiger partial charge in [-0.2, -0.15) is 0 Å².